The molecule has 2 rings (SSSR count). The zero-order chi connectivity index (χ0) is 18.6. The van der Waals surface area contributed by atoms with Crippen molar-refractivity contribution in [3.8, 4) is 0 Å². The van der Waals surface area contributed by atoms with Crippen LogP contribution in [-0.2, 0) is 9.84 Å². The molecule has 0 radical (unpaired) electrons. The average Bonchev–Trinajstić information content (AvgIpc) is 2.60. The van der Waals surface area contributed by atoms with Gasteiger partial charge in [-0.25, -0.2) is 8.42 Å². The zero-order valence-electron chi connectivity index (χ0n) is 14.3. The van der Waals surface area contributed by atoms with Crippen LogP contribution in [0.2, 0.25) is 0 Å². The first kappa shape index (κ1) is 18.7. The van der Waals surface area contributed by atoms with Gasteiger partial charge in [0, 0.05) is 36.7 Å². The lowest BCUT2D eigenvalue weighted by Crippen LogP contribution is -2.26. The Bertz CT molecular complexity index is 890. The summed E-state index contributed by atoms with van der Waals surface area (Å²) in [5.41, 5.74) is 1.26. The van der Waals surface area contributed by atoms with E-state index in [0.29, 0.717) is 23.4 Å². The molecule has 0 aliphatic rings. The van der Waals surface area contributed by atoms with E-state index < -0.39 is 9.84 Å². The summed E-state index contributed by atoms with van der Waals surface area (Å²) >= 11 is 0. The van der Waals surface area contributed by atoms with Gasteiger partial charge in [-0.15, -0.1) is 0 Å². The van der Waals surface area contributed by atoms with Gasteiger partial charge in [-0.2, -0.15) is 0 Å². The molecule has 2 aromatic carbocycles. The number of benzene rings is 2. The first-order chi connectivity index (χ1) is 11.7. The number of carbonyl (C=O) groups is 2. The Balaban J connectivity index is 2.17. The molecule has 0 atom stereocenters. The van der Waals surface area contributed by atoms with E-state index >= 15 is 0 Å². The summed E-state index contributed by atoms with van der Waals surface area (Å²) in [5.74, 6) is -0.532. The fourth-order valence-corrected chi connectivity index (χ4v) is 2.78. The third-order valence-electron chi connectivity index (χ3n) is 3.73. The molecule has 2 amide bonds. The van der Waals surface area contributed by atoms with Crippen LogP contribution in [0.4, 0.5) is 5.69 Å². The third-order valence-corrected chi connectivity index (χ3v) is 4.86. The number of rotatable bonds is 5. The van der Waals surface area contributed by atoms with Gasteiger partial charge in [-0.3, -0.25) is 9.59 Å². The number of nitrogens with one attached hydrogen (secondary N) is 1. The minimum atomic E-state index is -3.28. The SMILES string of the molecule is CCN(C)C(=O)c1cccc(C(=O)Nc2ccc(S(C)(=O)=O)cc2)c1. The van der Waals surface area contributed by atoms with E-state index in [1.807, 2.05) is 6.92 Å². The van der Waals surface area contributed by atoms with Crippen molar-refractivity contribution in [2.24, 2.45) is 0 Å². The summed E-state index contributed by atoms with van der Waals surface area (Å²) in [5, 5.41) is 2.69. The number of hydrogen-bond acceptors (Lipinski definition) is 4. The van der Waals surface area contributed by atoms with Crippen LogP contribution in [0.15, 0.2) is 53.4 Å². The summed E-state index contributed by atoms with van der Waals surface area (Å²) in [6.07, 6.45) is 1.12. The Hall–Kier alpha value is -2.67. The van der Waals surface area contributed by atoms with Crippen molar-refractivity contribution in [2.45, 2.75) is 11.8 Å². The number of anilines is 1. The highest BCUT2D eigenvalue weighted by molar-refractivity contribution is 7.90. The minimum absolute atomic E-state index is 0.158. The highest BCUT2D eigenvalue weighted by atomic mass is 32.2. The fourth-order valence-electron chi connectivity index (χ4n) is 2.15. The van der Waals surface area contributed by atoms with Crippen LogP contribution in [-0.4, -0.2) is 45.0 Å². The van der Waals surface area contributed by atoms with Gasteiger partial charge in [0.15, 0.2) is 9.84 Å². The fraction of sp³-hybridized carbons (Fsp3) is 0.222. The van der Waals surface area contributed by atoms with Crippen molar-refractivity contribution in [1.29, 1.82) is 0 Å². The molecule has 0 spiro atoms. The van der Waals surface area contributed by atoms with Crippen LogP contribution < -0.4 is 5.32 Å². The van der Waals surface area contributed by atoms with Crippen LogP contribution in [0.5, 0.6) is 0 Å². The Labute approximate surface area is 147 Å². The second-order valence-electron chi connectivity index (χ2n) is 5.65. The van der Waals surface area contributed by atoms with Crippen LogP contribution >= 0.6 is 0 Å². The molecule has 1 N–H and O–H groups in total. The molecule has 25 heavy (non-hydrogen) atoms. The van der Waals surface area contributed by atoms with E-state index in [4.69, 9.17) is 0 Å². The van der Waals surface area contributed by atoms with E-state index in [0.717, 1.165) is 6.26 Å². The lowest BCUT2D eigenvalue weighted by molar-refractivity contribution is 0.0802. The van der Waals surface area contributed by atoms with Gasteiger partial charge >= 0.3 is 0 Å². The molecule has 132 valence electrons. The Morgan fingerprint density at radius 1 is 1.04 bits per heavy atom. The Kier molecular flexibility index (Phi) is 5.58. The van der Waals surface area contributed by atoms with E-state index in [1.165, 1.54) is 30.3 Å². The number of hydrogen-bond donors (Lipinski definition) is 1. The molecular formula is C18H20N2O4S. The molecule has 0 bridgehead atoms. The molecule has 0 saturated carbocycles. The quantitative estimate of drug-likeness (QED) is 0.888. The molecule has 0 aliphatic carbocycles. The maximum atomic E-state index is 12.4. The smallest absolute Gasteiger partial charge is 0.255 e. The molecule has 0 fully saturated rings. The molecule has 2 aromatic rings. The molecular weight excluding hydrogens is 340 g/mol. The van der Waals surface area contributed by atoms with Gasteiger partial charge in [-0.05, 0) is 49.4 Å². The first-order valence-electron chi connectivity index (χ1n) is 7.69. The van der Waals surface area contributed by atoms with Crippen molar-refractivity contribution < 1.29 is 18.0 Å². The normalized spacial score (nSPS) is 11.0. The van der Waals surface area contributed by atoms with Crippen LogP contribution in [0.25, 0.3) is 0 Å². The predicted octanol–water partition coefficient (Wildman–Crippen LogP) is 2.43. The molecule has 0 unspecified atom stereocenters. The lowest BCUT2D eigenvalue weighted by atomic mass is 10.1. The van der Waals surface area contributed by atoms with E-state index in [2.05, 4.69) is 5.32 Å². The summed E-state index contributed by atoms with van der Waals surface area (Å²) in [6, 6.07) is 12.4. The highest BCUT2D eigenvalue weighted by Crippen LogP contribution is 2.15. The van der Waals surface area contributed by atoms with Gasteiger partial charge in [0.25, 0.3) is 11.8 Å². The second kappa shape index (κ2) is 7.48. The van der Waals surface area contributed by atoms with Gasteiger partial charge in [-0.1, -0.05) is 6.07 Å². The predicted molar refractivity (Wildman–Crippen MR) is 96.6 cm³/mol. The van der Waals surface area contributed by atoms with Crippen molar-refractivity contribution in [3.05, 3.63) is 59.7 Å². The maximum absolute atomic E-state index is 12.4. The standard InChI is InChI=1S/C18H20N2O4S/c1-4-20(2)18(22)14-7-5-6-13(12-14)17(21)19-15-8-10-16(11-9-15)25(3,23)24/h5-12H,4H2,1-3H3,(H,19,21). The molecule has 0 aromatic heterocycles. The summed E-state index contributed by atoms with van der Waals surface area (Å²) in [7, 11) is -1.59. The molecule has 7 heteroatoms. The van der Waals surface area contributed by atoms with E-state index in [9.17, 15) is 18.0 Å². The number of sulfone groups is 1. The van der Waals surface area contributed by atoms with Crippen molar-refractivity contribution in [1.82, 2.24) is 4.90 Å². The van der Waals surface area contributed by atoms with E-state index in [1.54, 1.807) is 30.1 Å². The van der Waals surface area contributed by atoms with Crippen molar-refractivity contribution in [3.63, 3.8) is 0 Å². The van der Waals surface area contributed by atoms with Crippen molar-refractivity contribution >= 4 is 27.3 Å². The maximum Gasteiger partial charge on any atom is 0.255 e. The van der Waals surface area contributed by atoms with E-state index in [-0.39, 0.29) is 16.7 Å². The molecule has 0 heterocycles. The van der Waals surface area contributed by atoms with Gasteiger partial charge in [0.2, 0.25) is 0 Å². The largest absolute Gasteiger partial charge is 0.342 e. The first-order valence-corrected chi connectivity index (χ1v) is 9.58. The molecule has 6 nitrogen and oxygen atoms in total. The average molecular weight is 360 g/mol. The topological polar surface area (TPSA) is 83.6 Å². The number of nitrogens with zero attached hydrogens (tertiary/aromatic N) is 1. The van der Waals surface area contributed by atoms with Crippen molar-refractivity contribution in [2.75, 3.05) is 25.2 Å². The third kappa shape index (κ3) is 4.67. The zero-order valence-corrected chi connectivity index (χ0v) is 15.1. The minimum Gasteiger partial charge on any atom is -0.342 e. The van der Waals surface area contributed by atoms with Crippen LogP contribution in [0, 0.1) is 0 Å². The lowest BCUT2D eigenvalue weighted by Gasteiger charge is -2.15. The van der Waals surface area contributed by atoms with Crippen LogP contribution in [0.1, 0.15) is 27.6 Å². The number of carbonyl (C=O) groups excluding carboxylic acids is 2. The Morgan fingerprint density at radius 2 is 1.64 bits per heavy atom. The summed E-state index contributed by atoms with van der Waals surface area (Å²) in [6.45, 7) is 2.44. The summed E-state index contributed by atoms with van der Waals surface area (Å²) in [4.78, 5) is 26.3. The second-order valence-corrected chi connectivity index (χ2v) is 7.67. The highest BCUT2D eigenvalue weighted by Gasteiger charge is 2.13. The van der Waals surface area contributed by atoms with Gasteiger partial charge in [0.1, 0.15) is 0 Å². The molecule has 0 aliphatic heterocycles. The monoisotopic (exact) mass is 360 g/mol. The van der Waals surface area contributed by atoms with Gasteiger partial charge in [0.05, 0.1) is 4.90 Å². The van der Waals surface area contributed by atoms with Crippen LogP contribution in [0.3, 0.4) is 0 Å². The summed E-state index contributed by atoms with van der Waals surface area (Å²) < 4.78 is 22.9. The van der Waals surface area contributed by atoms with Gasteiger partial charge < -0.3 is 10.2 Å². The molecule has 0 saturated heterocycles. The Morgan fingerprint density at radius 3 is 2.20 bits per heavy atom. The number of amides is 2.